The Bertz CT molecular complexity index is 383. The Balaban J connectivity index is 1.79. The maximum atomic E-state index is 10.1. The van der Waals surface area contributed by atoms with Gasteiger partial charge in [-0.3, -0.25) is 4.90 Å². The van der Waals surface area contributed by atoms with Gasteiger partial charge in [-0.15, -0.1) is 0 Å². The first-order valence-electron chi connectivity index (χ1n) is 5.92. The van der Waals surface area contributed by atoms with Crippen LogP contribution in [0.4, 0.5) is 0 Å². The molecule has 3 N–H and O–H groups in total. The summed E-state index contributed by atoms with van der Waals surface area (Å²) >= 11 is 0. The van der Waals surface area contributed by atoms with E-state index in [-0.39, 0.29) is 12.1 Å². The molecule has 6 heteroatoms. The van der Waals surface area contributed by atoms with Gasteiger partial charge in [0.25, 0.3) is 0 Å². The van der Waals surface area contributed by atoms with Crippen molar-refractivity contribution in [3.63, 3.8) is 0 Å². The number of fused-ring (bicyclic) bond motifs is 1. The average molecular weight is 239 g/mol. The van der Waals surface area contributed by atoms with Gasteiger partial charge < -0.3 is 19.9 Å². The van der Waals surface area contributed by atoms with Gasteiger partial charge in [0, 0.05) is 31.5 Å². The number of aliphatic hydroxyl groups is 3. The quantitative estimate of drug-likeness (QED) is 0.561. The smallest absolute Gasteiger partial charge is 0.0991 e. The number of imidazole rings is 1. The predicted molar refractivity (Wildman–Crippen MR) is 59.3 cm³/mol. The largest absolute Gasteiger partial charge is 0.391 e. The maximum Gasteiger partial charge on any atom is 0.0991 e. The Morgan fingerprint density at radius 2 is 1.94 bits per heavy atom. The maximum absolute atomic E-state index is 10.1. The van der Waals surface area contributed by atoms with Gasteiger partial charge in [0.1, 0.15) is 0 Å². The van der Waals surface area contributed by atoms with Crippen molar-refractivity contribution in [1.29, 1.82) is 0 Å². The van der Waals surface area contributed by atoms with Gasteiger partial charge in [-0.1, -0.05) is 0 Å². The van der Waals surface area contributed by atoms with Crippen molar-refractivity contribution >= 4 is 0 Å². The number of aromatic nitrogens is 2. The van der Waals surface area contributed by atoms with E-state index in [9.17, 15) is 15.3 Å². The molecule has 5 atom stereocenters. The van der Waals surface area contributed by atoms with E-state index in [0.717, 1.165) is 6.54 Å². The minimum atomic E-state index is -0.839. The molecular formula is C11H17N3O3. The zero-order valence-electron chi connectivity index (χ0n) is 9.42. The fourth-order valence-corrected chi connectivity index (χ4v) is 3.05. The van der Waals surface area contributed by atoms with Crippen LogP contribution in [0.1, 0.15) is 12.5 Å². The molecule has 2 fully saturated rings. The summed E-state index contributed by atoms with van der Waals surface area (Å²) in [7, 11) is 0. The number of hydrogen-bond donors (Lipinski definition) is 3. The topological polar surface area (TPSA) is 81.8 Å². The van der Waals surface area contributed by atoms with Crippen molar-refractivity contribution in [2.75, 3.05) is 13.1 Å². The van der Waals surface area contributed by atoms with Gasteiger partial charge in [-0.25, -0.2) is 4.98 Å². The first-order valence-corrected chi connectivity index (χ1v) is 5.92. The number of nitrogens with zero attached hydrogens (tertiary/aromatic N) is 3. The second-order valence-corrected chi connectivity index (χ2v) is 4.97. The van der Waals surface area contributed by atoms with Crippen LogP contribution in [-0.2, 0) is 0 Å². The van der Waals surface area contributed by atoms with Crippen LogP contribution >= 0.6 is 0 Å². The van der Waals surface area contributed by atoms with Gasteiger partial charge in [-0.05, 0) is 6.42 Å². The van der Waals surface area contributed by atoms with E-state index in [0.29, 0.717) is 13.0 Å². The lowest BCUT2D eigenvalue weighted by Crippen LogP contribution is -2.52. The molecule has 0 aromatic carbocycles. The lowest BCUT2D eigenvalue weighted by Gasteiger charge is -2.39. The monoisotopic (exact) mass is 239 g/mol. The number of aliphatic hydroxyl groups excluding tert-OH is 3. The van der Waals surface area contributed by atoms with Crippen LogP contribution in [0.2, 0.25) is 0 Å². The Kier molecular flexibility index (Phi) is 2.67. The van der Waals surface area contributed by atoms with E-state index in [2.05, 4.69) is 4.98 Å². The van der Waals surface area contributed by atoms with Crippen molar-refractivity contribution in [2.24, 2.45) is 0 Å². The molecular weight excluding hydrogens is 222 g/mol. The second-order valence-electron chi connectivity index (χ2n) is 4.97. The highest BCUT2D eigenvalue weighted by Gasteiger charge is 2.47. The van der Waals surface area contributed by atoms with E-state index >= 15 is 0 Å². The van der Waals surface area contributed by atoms with E-state index < -0.39 is 18.3 Å². The van der Waals surface area contributed by atoms with Crippen LogP contribution in [0, 0.1) is 0 Å². The molecule has 0 saturated carbocycles. The van der Waals surface area contributed by atoms with Crippen molar-refractivity contribution in [3.05, 3.63) is 18.7 Å². The van der Waals surface area contributed by atoms with Crippen LogP contribution in [0.15, 0.2) is 18.7 Å². The normalized spacial score (nSPS) is 42.6. The van der Waals surface area contributed by atoms with E-state index in [1.807, 2.05) is 15.7 Å². The van der Waals surface area contributed by atoms with Crippen LogP contribution in [0.3, 0.4) is 0 Å². The summed E-state index contributed by atoms with van der Waals surface area (Å²) in [5.41, 5.74) is 0. The van der Waals surface area contributed by atoms with Crippen molar-refractivity contribution in [1.82, 2.24) is 14.5 Å². The summed E-state index contributed by atoms with van der Waals surface area (Å²) in [6.07, 6.45) is 3.71. The molecule has 0 aliphatic carbocycles. The molecule has 1 aromatic heterocycles. The summed E-state index contributed by atoms with van der Waals surface area (Å²) < 4.78 is 1.97. The van der Waals surface area contributed by atoms with Crippen molar-refractivity contribution in [3.8, 4) is 0 Å². The van der Waals surface area contributed by atoms with Crippen LogP contribution in [0.25, 0.3) is 0 Å². The van der Waals surface area contributed by atoms with Crippen LogP contribution in [-0.4, -0.2) is 67.2 Å². The fourth-order valence-electron chi connectivity index (χ4n) is 3.05. The third-order valence-electron chi connectivity index (χ3n) is 3.89. The number of hydrogen-bond acceptors (Lipinski definition) is 5. The lowest BCUT2D eigenvalue weighted by atomic mass is 9.94. The second kappa shape index (κ2) is 4.06. The van der Waals surface area contributed by atoms with Crippen LogP contribution in [0.5, 0.6) is 0 Å². The standard InChI is InChI=1S/C11H17N3O3/c15-8-3-7(13-2-1-12-6-13)4-14-5-9(16)11(17)10(8)14/h1-2,6-11,15-17H,3-5H2/t7?,8-,9-,10-,11-/m1/s1. The minimum absolute atomic E-state index is 0.154. The molecule has 0 amide bonds. The van der Waals surface area contributed by atoms with Gasteiger partial charge in [0.05, 0.1) is 30.7 Å². The summed E-state index contributed by atoms with van der Waals surface area (Å²) in [5.74, 6) is 0. The number of piperidine rings is 1. The highest BCUT2D eigenvalue weighted by Crippen LogP contribution is 2.32. The van der Waals surface area contributed by atoms with Crippen molar-refractivity contribution in [2.45, 2.75) is 36.8 Å². The average Bonchev–Trinajstić information content (AvgIpc) is 2.88. The van der Waals surface area contributed by atoms with Crippen molar-refractivity contribution < 1.29 is 15.3 Å². The first-order chi connectivity index (χ1) is 8.16. The Morgan fingerprint density at radius 3 is 2.65 bits per heavy atom. The summed E-state index contributed by atoms with van der Waals surface area (Å²) in [4.78, 5) is 5.97. The number of rotatable bonds is 1. The Morgan fingerprint density at radius 1 is 1.12 bits per heavy atom. The molecule has 0 radical (unpaired) electrons. The third kappa shape index (κ3) is 1.77. The highest BCUT2D eigenvalue weighted by atomic mass is 16.3. The molecule has 2 saturated heterocycles. The summed E-state index contributed by atoms with van der Waals surface area (Å²) in [6.45, 7) is 1.15. The SMILES string of the molecule is O[C@H]1[C@H]2[C@H](O)CC(n3ccnc3)CN2C[C@H]1O. The third-order valence-corrected chi connectivity index (χ3v) is 3.89. The van der Waals surface area contributed by atoms with E-state index in [1.54, 1.807) is 12.5 Å². The van der Waals surface area contributed by atoms with E-state index in [4.69, 9.17) is 0 Å². The lowest BCUT2D eigenvalue weighted by molar-refractivity contribution is -0.0406. The molecule has 0 bridgehead atoms. The van der Waals surface area contributed by atoms with Gasteiger partial charge in [0.2, 0.25) is 0 Å². The molecule has 6 nitrogen and oxygen atoms in total. The summed E-state index contributed by atoms with van der Waals surface area (Å²) in [6, 6.07) is -0.175. The molecule has 1 unspecified atom stereocenters. The molecule has 1 aromatic rings. The molecule has 17 heavy (non-hydrogen) atoms. The van der Waals surface area contributed by atoms with E-state index in [1.165, 1.54) is 0 Å². The molecule has 0 spiro atoms. The fraction of sp³-hybridized carbons (Fsp3) is 0.727. The Hall–Kier alpha value is -0.950. The molecule has 2 aliphatic rings. The zero-order chi connectivity index (χ0) is 12.0. The molecule has 3 heterocycles. The first kappa shape index (κ1) is 11.2. The molecule has 3 rings (SSSR count). The minimum Gasteiger partial charge on any atom is -0.391 e. The molecule has 2 aliphatic heterocycles. The zero-order valence-corrected chi connectivity index (χ0v) is 9.42. The van der Waals surface area contributed by atoms with Gasteiger partial charge in [-0.2, -0.15) is 0 Å². The predicted octanol–water partition coefficient (Wildman–Crippen LogP) is -1.41. The van der Waals surface area contributed by atoms with Crippen LogP contribution < -0.4 is 0 Å². The Labute approximate surface area is 99.1 Å². The van der Waals surface area contributed by atoms with Gasteiger partial charge >= 0.3 is 0 Å². The van der Waals surface area contributed by atoms with Gasteiger partial charge in [0.15, 0.2) is 0 Å². The highest BCUT2D eigenvalue weighted by molar-refractivity contribution is 5.02. The molecule has 94 valence electrons. The summed E-state index contributed by atoms with van der Waals surface area (Å²) in [5, 5.41) is 29.5.